The lowest BCUT2D eigenvalue weighted by atomic mass is 10.1. The highest BCUT2D eigenvalue weighted by molar-refractivity contribution is 7.17. The number of aromatic nitrogens is 2. The van der Waals surface area contributed by atoms with E-state index in [1.807, 2.05) is 35.7 Å². The van der Waals surface area contributed by atoms with Gasteiger partial charge in [0, 0.05) is 24.6 Å². The van der Waals surface area contributed by atoms with Crippen molar-refractivity contribution in [1.29, 1.82) is 0 Å². The molecule has 124 valence electrons. The predicted molar refractivity (Wildman–Crippen MR) is 94.2 cm³/mol. The number of nitrogens with one attached hydrogen (secondary N) is 1. The average Bonchev–Trinajstić information content (AvgIpc) is 3.03. The van der Waals surface area contributed by atoms with Crippen molar-refractivity contribution in [2.45, 2.75) is 6.54 Å². The largest absolute Gasteiger partial charge is 0.383 e. The summed E-state index contributed by atoms with van der Waals surface area (Å²) < 4.78 is 6.22. The normalized spacial score (nSPS) is 10.9. The molecule has 0 unspecified atom stereocenters. The summed E-state index contributed by atoms with van der Waals surface area (Å²) in [5.41, 5.74) is 1.61. The van der Waals surface area contributed by atoms with Crippen molar-refractivity contribution < 1.29 is 9.53 Å². The van der Waals surface area contributed by atoms with Gasteiger partial charge in [0.15, 0.2) is 0 Å². The highest BCUT2D eigenvalue weighted by Crippen LogP contribution is 2.30. The van der Waals surface area contributed by atoms with E-state index in [-0.39, 0.29) is 18.0 Å². The summed E-state index contributed by atoms with van der Waals surface area (Å²) in [5, 5.41) is 5.18. The number of hydrogen-bond acceptors (Lipinski definition) is 5. The van der Waals surface area contributed by atoms with Crippen LogP contribution in [0.5, 0.6) is 0 Å². The minimum atomic E-state index is -0.244. The maximum atomic E-state index is 12.8. The molecule has 1 aromatic carbocycles. The Labute approximate surface area is 142 Å². The number of hydrogen-bond donors (Lipinski definition) is 1. The molecule has 0 aliphatic heterocycles. The van der Waals surface area contributed by atoms with E-state index in [9.17, 15) is 9.59 Å². The summed E-state index contributed by atoms with van der Waals surface area (Å²) in [6.45, 7) is 0.781. The van der Waals surface area contributed by atoms with Crippen LogP contribution >= 0.6 is 11.3 Å². The molecule has 1 amide bonds. The van der Waals surface area contributed by atoms with E-state index in [1.165, 1.54) is 22.2 Å². The van der Waals surface area contributed by atoms with Crippen LogP contribution in [0.25, 0.3) is 21.3 Å². The van der Waals surface area contributed by atoms with Crippen molar-refractivity contribution in [3.05, 3.63) is 52.4 Å². The Hall–Kier alpha value is -2.51. The van der Waals surface area contributed by atoms with Gasteiger partial charge in [0.25, 0.3) is 5.56 Å². The number of benzene rings is 1. The van der Waals surface area contributed by atoms with E-state index in [1.54, 1.807) is 7.11 Å². The molecule has 6 nitrogen and oxygen atoms in total. The number of carbonyl (C=O) groups excluding carboxylic acids is 1. The Balaban J connectivity index is 1.93. The molecule has 2 heterocycles. The zero-order chi connectivity index (χ0) is 16.9. The van der Waals surface area contributed by atoms with Gasteiger partial charge >= 0.3 is 0 Å². The summed E-state index contributed by atoms with van der Waals surface area (Å²) in [6, 6.07) is 9.69. The number of methoxy groups -OCH3 is 1. The highest BCUT2D eigenvalue weighted by atomic mass is 32.1. The molecule has 0 fully saturated rings. The van der Waals surface area contributed by atoms with Crippen molar-refractivity contribution in [2.24, 2.45) is 0 Å². The topological polar surface area (TPSA) is 73.2 Å². The van der Waals surface area contributed by atoms with Crippen LogP contribution in [0, 0.1) is 0 Å². The van der Waals surface area contributed by atoms with Crippen LogP contribution in [-0.4, -0.2) is 35.7 Å². The predicted octanol–water partition coefficient (Wildman–Crippen LogP) is 1.89. The fourth-order valence-corrected chi connectivity index (χ4v) is 3.32. The first-order valence-electron chi connectivity index (χ1n) is 7.48. The lowest BCUT2D eigenvalue weighted by molar-refractivity contribution is -0.121. The van der Waals surface area contributed by atoms with Crippen LogP contribution in [0.15, 0.2) is 46.8 Å². The van der Waals surface area contributed by atoms with Gasteiger partial charge in [-0.25, -0.2) is 4.98 Å². The van der Waals surface area contributed by atoms with Crippen molar-refractivity contribution >= 4 is 27.5 Å². The Kier molecular flexibility index (Phi) is 5.02. The molecule has 0 saturated carbocycles. The molecule has 0 aliphatic carbocycles. The molecule has 0 aliphatic rings. The lowest BCUT2D eigenvalue weighted by Crippen LogP contribution is -2.34. The Bertz CT molecular complexity index is 902. The molecule has 0 saturated heterocycles. The van der Waals surface area contributed by atoms with Gasteiger partial charge in [0.2, 0.25) is 5.91 Å². The van der Waals surface area contributed by atoms with Gasteiger partial charge in [-0.05, 0) is 5.56 Å². The fourth-order valence-electron chi connectivity index (χ4n) is 2.41. The number of fused-ring (bicyclic) bond motifs is 1. The van der Waals surface area contributed by atoms with E-state index in [4.69, 9.17) is 4.74 Å². The first-order chi connectivity index (χ1) is 11.7. The smallest absolute Gasteiger partial charge is 0.263 e. The first-order valence-corrected chi connectivity index (χ1v) is 8.36. The summed E-state index contributed by atoms with van der Waals surface area (Å²) in [4.78, 5) is 29.7. The second-order valence-electron chi connectivity index (χ2n) is 5.22. The number of nitrogens with zero attached hydrogens (tertiary/aromatic N) is 2. The molecule has 3 aromatic rings. The van der Waals surface area contributed by atoms with Gasteiger partial charge < -0.3 is 10.1 Å². The van der Waals surface area contributed by atoms with Gasteiger partial charge in [0.05, 0.1) is 18.3 Å². The zero-order valence-corrected chi connectivity index (χ0v) is 14.0. The van der Waals surface area contributed by atoms with Crippen LogP contribution in [0.4, 0.5) is 0 Å². The third-order valence-corrected chi connectivity index (χ3v) is 4.47. The molecule has 1 N–H and O–H groups in total. The van der Waals surface area contributed by atoms with Crippen molar-refractivity contribution in [1.82, 2.24) is 14.9 Å². The summed E-state index contributed by atoms with van der Waals surface area (Å²) in [7, 11) is 1.57. The maximum absolute atomic E-state index is 12.8. The Morgan fingerprint density at radius 3 is 2.88 bits per heavy atom. The number of carbonyl (C=O) groups is 1. The van der Waals surface area contributed by atoms with E-state index >= 15 is 0 Å². The SMILES string of the molecule is COCCNC(=O)Cn1cnc2scc(-c3ccccc3)c2c1=O. The number of rotatable bonds is 6. The molecular weight excluding hydrogens is 326 g/mol. The van der Waals surface area contributed by atoms with Gasteiger partial charge in [-0.3, -0.25) is 14.2 Å². The standard InChI is InChI=1S/C17H17N3O3S/c1-23-8-7-18-14(21)9-20-11-19-16-15(17(20)22)13(10-24-16)12-5-3-2-4-6-12/h2-6,10-11H,7-9H2,1H3,(H,18,21). The highest BCUT2D eigenvalue weighted by Gasteiger charge is 2.14. The van der Waals surface area contributed by atoms with E-state index < -0.39 is 0 Å². The Morgan fingerprint density at radius 2 is 2.12 bits per heavy atom. The number of ether oxygens (including phenoxy) is 1. The third kappa shape index (κ3) is 3.37. The zero-order valence-electron chi connectivity index (χ0n) is 13.2. The molecular formula is C17H17N3O3S. The summed E-state index contributed by atoms with van der Waals surface area (Å²) in [5.74, 6) is -0.244. The third-order valence-electron chi connectivity index (χ3n) is 3.59. The van der Waals surface area contributed by atoms with Gasteiger partial charge in [-0.1, -0.05) is 30.3 Å². The monoisotopic (exact) mass is 343 g/mol. The molecule has 0 spiro atoms. The van der Waals surface area contributed by atoms with Gasteiger partial charge in [-0.15, -0.1) is 11.3 Å². The molecule has 0 bridgehead atoms. The first kappa shape index (κ1) is 16.4. The maximum Gasteiger partial charge on any atom is 0.263 e. The Morgan fingerprint density at radius 1 is 1.33 bits per heavy atom. The van der Waals surface area contributed by atoms with Crippen LogP contribution in [0.2, 0.25) is 0 Å². The summed E-state index contributed by atoms with van der Waals surface area (Å²) >= 11 is 1.43. The quantitative estimate of drug-likeness (QED) is 0.694. The van der Waals surface area contributed by atoms with Crippen LogP contribution in [0.3, 0.4) is 0 Å². The van der Waals surface area contributed by atoms with Crippen LogP contribution in [-0.2, 0) is 16.1 Å². The molecule has 0 radical (unpaired) electrons. The van der Waals surface area contributed by atoms with E-state index in [0.717, 1.165) is 11.1 Å². The van der Waals surface area contributed by atoms with Crippen LogP contribution in [0.1, 0.15) is 0 Å². The van der Waals surface area contributed by atoms with Gasteiger partial charge in [-0.2, -0.15) is 0 Å². The van der Waals surface area contributed by atoms with E-state index in [0.29, 0.717) is 23.4 Å². The van der Waals surface area contributed by atoms with Crippen molar-refractivity contribution in [2.75, 3.05) is 20.3 Å². The lowest BCUT2D eigenvalue weighted by Gasteiger charge is -2.07. The molecule has 3 rings (SSSR count). The molecule has 0 atom stereocenters. The second-order valence-corrected chi connectivity index (χ2v) is 6.07. The second kappa shape index (κ2) is 7.37. The minimum absolute atomic E-state index is 0.0600. The molecule has 7 heteroatoms. The fraction of sp³-hybridized carbons (Fsp3) is 0.235. The van der Waals surface area contributed by atoms with Gasteiger partial charge in [0.1, 0.15) is 11.4 Å². The minimum Gasteiger partial charge on any atom is -0.383 e. The molecule has 2 aromatic heterocycles. The van der Waals surface area contributed by atoms with Crippen molar-refractivity contribution in [3.8, 4) is 11.1 Å². The summed E-state index contributed by atoms with van der Waals surface area (Å²) in [6.07, 6.45) is 1.42. The van der Waals surface area contributed by atoms with E-state index in [2.05, 4.69) is 10.3 Å². The number of thiophene rings is 1. The average molecular weight is 343 g/mol. The number of amides is 1. The van der Waals surface area contributed by atoms with Crippen LogP contribution < -0.4 is 10.9 Å². The molecule has 24 heavy (non-hydrogen) atoms. The van der Waals surface area contributed by atoms with Crippen molar-refractivity contribution in [3.63, 3.8) is 0 Å².